The summed E-state index contributed by atoms with van der Waals surface area (Å²) < 4.78 is 10.5. The number of ether oxygens (including phenoxy) is 2. The molecule has 0 aromatic heterocycles. The van der Waals surface area contributed by atoms with E-state index < -0.39 is 5.60 Å². The summed E-state index contributed by atoms with van der Waals surface area (Å²) in [5, 5.41) is 13.5. The highest BCUT2D eigenvalue weighted by Crippen LogP contribution is 2.35. The second-order valence-electron chi connectivity index (χ2n) is 5.79. The van der Waals surface area contributed by atoms with E-state index in [0.29, 0.717) is 23.7 Å². The number of aliphatic hydroxyl groups is 1. The number of nitrogens with zero attached hydrogens (tertiary/aromatic N) is 1. The minimum atomic E-state index is -0.745. The van der Waals surface area contributed by atoms with Gasteiger partial charge >= 0.3 is 0 Å². The molecule has 2 unspecified atom stereocenters. The second kappa shape index (κ2) is 6.87. The summed E-state index contributed by atoms with van der Waals surface area (Å²) in [5.41, 5.74) is 5.86. The van der Waals surface area contributed by atoms with Crippen LogP contribution in [0.15, 0.2) is 23.2 Å². The third-order valence-electron chi connectivity index (χ3n) is 4.36. The van der Waals surface area contributed by atoms with Gasteiger partial charge in [0.25, 0.3) is 0 Å². The van der Waals surface area contributed by atoms with Gasteiger partial charge in [-0.3, -0.25) is 4.99 Å². The van der Waals surface area contributed by atoms with Crippen LogP contribution in [0.4, 0.5) is 5.69 Å². The van der Waals surface area contributed by atoms with Crippen molar-refractivity contribution in [2.45, 2.75) is 31.8 Å². The van der Waals surface area contributed by atoms with Gasteiger partial charge in [0.2, 0.25) is 0 Å². The minimum absolute atomic E-state index is 0.246. The smallest absolute Gasteiger partial charge is 0.193 e. The first kappa shape index (κ1) is 16.4. The van der Waals surface area contributed by atoms with Crippen LogP contribution in [0.2, 0.25) is 0 Å². The van der Waals surface area contributed by atoms with Crippen molar-refractivity contribution in [3.8, 4) is 11.5 Å². The Balaban J connectivity index is 2.08. The molecule has 4 N–H and O–H groups in total. The molecule has 1 aromatic carbocycles. The van der Waals surface area contributed by atoms with E-state index in [1.54, 1.807) is 32.4 Å². The number of nitrogens with two attached hydrogens (primary N) is 1. The van der Waals surface area contributed by atoms with Gasteiger partial charge in [0, 0.05) is 6.07 Å². The first-order valence-electron chi connectivity index (χ1n) is 7.50. The summed E-state index contributed by atoms with van der Waals surface area (Å²) in [6.07, 6.45) is 2.83. The van der Waals surface area contributed by atoms with E-state index in [0.717, 1.165) is 19.3 Å². The molecule has 122 valence electrons. The fourth-order valence-electron chi connectivity index (χ4n) is 2.78. The average molecular weight is 307 g/mol. The Labute approximate surface area is 131 Å². The van der Waals surface area contributed by atoms with Crippen LogP contribution in [0.3, 0.4) is 0 Å². The molecule has 1 aliphatic rings. The summed E-state index contributed by atoms with van der Waals surface area (Å²) in [6, 6.07) is 5.38. The maximum Gasteiger partial charge on any atom is 0.193 e. The quantitative estimate of drug-likeness (QED) is 0.572. The molecule has 0 amide bonds. The van der Waals surface area contributed by atoms with Gasteiger partial charge in [-0.15, -0.1) is 0 Å². The molecule has 0 radical (unpaired) electrons. The fourth-order valence-corrected chi connectivity index (χ4v) is 2.78. The lowest BCUT2D eigenvalue weighted by atomic mass is 9.93. The molecule has 1 aliphatic carbocycles. The molecule has 0 bridgehead atoms. The van der Waals surface area contributed by atoms with Gasteiger partial charge in [-0.1, -0.05) is 13.3 Å². The Bertz CT molecular complexity index is 547. The van der Waals surface area contributed by atoms with E-state index in [2.05, 4.69) is 17.2 Å². The van der Waals surface area contributed by atoms with E-state index >= 15 is 0 Å². The summed E-state index contributed by atoms with van der Waals surface area (Å²) in [4.78, 5) is 4.29. The monoisotopic (exact) mass is 307 g/mol. The van der Waals surface area contributed by atoms with Gasteiger partial charge in [-0.25, -0.2) is 0 Å². The van der Waals surface area contributed by atoms with Gasteiger partial charge < -0.3 is 25.6 Å². The zero-order chi connectivity index (χ0) is 16.2. The van der Waals surface area contributed by atoms with Gasteiger partial charge in [-0.2, -0.15) is 0 Å². The largest absolute Gasteiger partial charge is 0.497 e. The van der Waals surface area contributed by atoms with E-state index in [1.165, 1.54) is 0 Å². The fraction of sp³-hybridized carbons (Fsp3) is 0.562. The number of rotatable bonds is 5. The van der Waals surface area contributed by atoms with E-state index in [1.807, 2.05) is 0 Å². The molecule has 6 heteroatoms. The molecule has 1 fully saturated rings. The van der Waals surface area contributed by atoms with Gasteiger partial charge in [0.05, 0.1) is 32.1 Å². The summed E-state index contributed by atoms with van der Waals surface area (Å²) in [7, 11) is 3.18. The van der Waals surface area contributed by atoms with Crippen molar-refractivity contribution >= 4 is 11.6 Å². The highest BCUT2D eigenvalue weighted by Gasteiger charge is 2.37. The lowest BCUT2D eigenvalue weighted by molar-refractivity contribution is 0.0187. The Morgan fingerprint density at radius 3 is 2.82 bits per heavy atom. The third-order valence-corrected chi connectivity index (χ3v) is 4.36. The average Bonchev–Trinajstić information content (AvgIpc) is 2.85. The standard InChI is InChI=1S/C16H25N3O3/c1-11-5-4-8-16(11,20)10-18-15(17)19-13-9-12(21-2)6-7-14(13)22-3/h6-7,9,11,20H,4-5,8,10H2,1-3H3,(H3,17,18,19). The van der Waals surface area contributed by atoms with Gasteiger partial charge in [0.1, 0.15) is 11.5 Å². The molecular weight excluding hydrogens is 282 g/mol. The number of benzene rings is 1. The van der Waals surface area contributed by atoms with Crippen molar-refractivity contribution in [2.24, 2.45) is 16.6 Å². The van der Waals surface area contributed by atoms with Crippen LogP contribution in [0.1, 0.15) is 26.2 Å². The molecule has 0 spiro atoms. The van der Waals surface area contributed by atoms with E-state index in [-0.39, 0.29) is 11.9 Å². The van der Waals surface area contributed by atoms with Crippen molar-refractivity contribution in [3.63, 3.8) is 0 Å². The highest BCUT2D eigenvalue weighted by atomic mass is 16.5. The third kappa shape index (κ3) is 3.62. The Morgan fingerprint density at radius 1 is 1.45 bits per heavy atom. The highest BCUT2D eigenvalue weighted by molar-refractivity contribution is 5.94. The van der Waals surface area contributed by atoms with Crippen LogP contribution >= 0.6 is 0 Å². The maximum atomic E-state index is 10.5. The number of nitrogens with one attached hydrogen (secondary N) is 1. The van der Waals surface area contributed by atoms with E-state index in [4.69, 9.17) is 15.2 Å². The maximum absolute atomic E-state index is 10.5. The van der Waals surface area contributed by atoms with Crippen molar-refractivity contribution in [1.82, 2.24) is 0 Å². The molecule has 0 aliphatic heterocycles. The lowest BCUT2D eigenvalue weighted by Gasteiger charge is -2.25. The van der Waals surface area contributed by atoms with Crippen LogP contribution in [0.25, 0.3) is 0 Å². The second-order valence-corrected chi connectivity index (χ2v) is 5.79. The van der Waals surface area contributed by atoms with Crippen LogP contribution in [-0.2, 0) is 0 Å². The van der Waals surface area contributed by atoms with Gasteiger partial charge in [-0.05, 0) is 30.9 Å². The predicted octanol–water partition coefficient (Wildman–Crippen LogP) is 1.98. The van der Waals surface area contributed by atoms with Crippen molar-refractivity contribution in [2.75, 3.05) is 26.1 Å². The lowest BCUT2D eigenvalue weighted by Crippen LogP contribution is -2.36. The topological polar surface area (TPSA) is 89.1 Å². The molecule has 0 heterocycles. The number of anilines is 1. The first-order valence-corrected chi connectivity index (χ1v) is 7.50. The molecular formula is C16H25N3O3. The molecule has 22 heavy (non-hydrogen) atoms. The predicted molar refractivity (Wildman–Crippen MR) is 87.6 cm³/mol. The number of aliphatic imine (C=N–C) groups is 1. The number of hydrogen-bond acceptors (Lipinski definition) is 4. The van der Waals surface area contributed by atoms with Gasteiger partial charge in [0.15, 0.2) is 5.96 Å². The molecule has 1 saturated carbocycles. The van der Waals surface area contributed by atoms with E-state index in [9.17, 15) is 5.11 Å². The van der Waals surface area contributed by atoms with Crippen molar-refractivity contribution in [3.05, 3.63) is 18.2 Å². The zero-order valence-electron chi connectivity index (χ0n) is 13.4. The molecule has 2 rings (SSSR count). The normalized spacial score (nSPS) is 25.1. The van der Waals surface area contributed by atoms with Crippen LogP contribution in [0.5, 0.6) is 11.5 Å². The number of guanidine groups is 1. The number of methoxy groups -OCH3 is 2. The van der Waals surface area contributed by atoms with Crippen LogP contribution in [0, 0.1) is 5.92 Å². The molecule has 1 aromatic rings. The Morgan fingerprint density at radius 2 is 2.23 bits per heavy atom. The van der Waals surface area contributed by atoms with Crippen LogP contribution in [-0.4, -0.2) is 37.4 Å². The van der Waals surface area contributed by atoms with Crippen LogP contribution < -0.4 is 20.5 Å². The Hall–Kier alpha value is -1.95. The summed E-state index contributed by atoms with van der Waals surface area (Å²) in [5.74, 6) is 1.83. The zero-order valence-corrected chi connectivity index (χ0v) is 13.4. The summed E-state index contributed by atoms with van der Waals surface area (Å²) in [6.45, 7) is 2.36. The van der Waals surface area contributed by atoms with Crippen molar-refractivity contribution in [1.29, 1.82) is 0 Å². The Kier molecular flexibility index (Phi) is 5.13. The summed E-state index contributed by atoms with van der Waals surface area (Å²) >= 11 is 0. The molecule has 6 nitrogen and oxygen atoms in total. The first-order chi connectivity index (χ1) is 10.5. The minimum Gasteiger partial charge on any atom is -0.497 e. The molecule has 0 saturated heterocycles. The number of hydrogen-bond donors (Lipinski definition) is 3. The van der Waals surface area contributed by atoms with Crippen molar-refractivity contribution < 1.29 is 14.6 Å². The SMILES string of the molecule is COc1ccc(OC)c(NC(N)=NCC2(O)CCCC2C)c1. The molecule has 2 atom stereocenters.